The Hall–Kier alpha value is -3.03. The molecule has 3 rings (SSSR count). The summed E-state index contributed by atoms with van der Waals surface area (Å²) in [6, 6.07) is 7.68. The molecule has 26 heavy (non-hydrogen) atoms. The number of nitrogens with one attached hydrogen (secondary N) is 1. The van der Waals surface area contributed by atoms with Crippen LogP contribution in [0.15, 0.2) is 53.3 Å². The summed E-state index contributed by atoms with van der Waals surface area (Å²) in [5.74, 6) is -0.200. The predicted octanol–water partition coefficient (Wildman–Crippen LogP) is 4.28. The molecule has 0 fully saturated rings. The molecule has 0 aliphatic heterocycles. The van der Waals surface area contributed by atoms with Crippen molar-refractivity contribution in [2.45, 2.75) is 26.1 Å². The second-order valence-corrected chi connectivity index (χ2v) is 5.82. The highest BCUT2D eigenvalue weighted by Gasteiger charge is 2.30. The minimum Gasteiger partial charge on any atom is -0.459 e. The number of hydrogen-bond donors (Lipinski definition) is 1. The molecule has 1 amide bonds. The van der Waals surface area contributed by atoms with Gasteiger partial charge in [0.1, 0.15) is 0 Å². The number of hydrogen-bond acceptors (Lipinski definition) is 3. The Labute approximate surface area is 147 Å². The molecule has 0 radical (unpaired) electrons. The second kappa shape index (κ2) is 6.70. The number of carbonyl (C=O) groups excluding carboxylic acids is 1. The number of rotatable bonds is 4. The van der Waals surface area contributed by atoms with Gasteiger partial charge in [-0.3, -0.25) is 4.79 Å². The summed E-state index contributed by atoms with van der Waals surface area (Å²) >= 11 is 0. The van der Waals surface area contributed by atoms with E-state index in [4.69, 9.17) is 4.42 Å². The Morgan fingerprint density at radius 3 is 2.69 bits per heavy atom. The third-order valence-corrected chi connectivity index (χ3v) is 4.02. The lowest BCUT2D eigenvalue weighted by Crippen LogP contribution is -2.26. The summed E-state index contributed by atoms with van der Waals surface area (Å²) in [6.07, 6.45) is -1.50. The van der Waals surface area contributed by atoms with E-state index >= 15 is 0 Å². The van der Waals surface area contributed by atoms with E-state index in [-0.39, 0.29) is 11.7 Å². The van der Waals surface area contributed by atoms with Gasteiger partial charge in [0.15, 0.2) is 5.76 Å². The van der Waals surface area contributed by atoms with Gasteiger partial charge in [-0.1, -0.05) is 6.07 Å². The van der Waals surface area contributed by atoms with Crippen LogP contribution in [-0.2, 0) is 6.18 Å². The standard InChI is InChI=1S/C18H16F3N3O2/c1-11(23-17(25)16-7-4-8-26-16)15-10-22-24(12(15)2)14-6-3-5-13(9-14)18(19,20)21/h3-11H,1-2H3,(H,23,25)/t11-/m1/s1. The first-order valence-corrected chi connectivity index (χ1v) is 7.84. The van der Waals surface area contributed by atoms with Gasteiger partial charge in [-0.15, -0.1) is 0 Å². The van der Waals surface area contributed by atoms with Gasteiger partial charge < -0.3 is 9.73 Å². The first-order valence-electron chi connectivity index (χ1n) is 7.84. The Morgan fingerprint density at radius 2 is 2.04 bits per heavy atom. The van der Waals surface area contributed by atoms with E-state index in [1.807, 2.05) is 0 Å². The maximum Gasteiger partial charge on any atom is 0.416 e. The monoisotopic (exact) mass is 363 g/mol. The van der Waals surface area contributed by atoms with Crippen LogP contribution in [0.5, 0.6) is 0 Å². The van der Waals surface area contributed by atoms with Crippen LogP contribution in [0.3, 0.4) is 0 Å². The average molecular weight is 363 g/mol. The lowest BCUT2D eigenvalue weighted by atomic mass is 10.1. The Balaban J connectivity index is 1.85. The van der Waals surface area contributed by atoms with Crippen LogP contribution in [0.4, 0.5) is 13.2 Å². The number of carbonyl (C=O) groups is 1. The molecule has 1 atom stereocenters. The number of nitrogens with zero attached hydrogens (tertiary/aromatic N) is 2. The molecule has 0 saturated carbocycles. The number of furan rings is 1. The largest absolute Gasteiger partial charge is 0.459 e. The number of alkyl halides is 3. The summed E-state index contributed by atoms with van der Waals surface area (Å²) in [7, 11) is 0. The number of amides is 1. The van der Waals surface area contributed by atoms with E-state index in [9.17, 15) is 18.0 Å². The van der Waals surface area contributed by atoms with Gasteiger partial charge in [0.25, 0.3) is 5.91 Å². The summed E-state index contributed by atoms with van der Waals surface area (Å²) in [5.41, 5.74) is 0.887. The number of benzene rings is 1. The molecule has 2 aromatic heterocycles. The molecule has 136 valence electrons. The zero-order valence-electron chi connectivity index (χ0n) is 14.0. The summed E-state index contributed by atoms with van der Waals surface area (Å²) in [4.78, 5) is 12.1. The maximum absolute atomic E-state index is 12.9. The Morgan fingerprint density at radius 1 is 1.27 bits per heavy atom. The maximum atomic E-state index is 12.9. The SMILES string of the molecule is Cc1c([C@@H](C)NC(=O)c2ccco2)cnn1-c1cccc(C(F)(F)F)c1. The van der Waals surface area contributed by atoms with Crippen molar-refractivity contribution in [3.63, 3.8) is 0 Å². The quantitative estimate of drug-likeness (QED) is 0.752. The van der Waals surface area contributed by atoms with Gasteiger partial charge in [0.2, 0.25) is 0 Å². The lowest BCUT2D eigenvalue weighted by Gasteiger charge is -2.14. The minimum atomic E-state index is -4.43. The van der Waals surface area contributed by atoms with Crippen molar-refractivity contribution >= 4 is 5.91 Å². The van der Waals surface area contributed by atoms with Gasteiger partial charge in [-0.25, -0.2) is 4.68 Å². The van der Waals surface area contributed by atoms with E-state index in [1.165, 1.54) is 23.2 Å². The summed E-state index contributed by atoms with van der Waals surface area (Å²) in [5, 5.41) is 6.95. The van der Waals surface area contributed by atoms with Gasteiger partial charge >= 0.3 is 6.18 Å². The minimum absolute atomic E-state index is 0.180. The van der Waals surface area contributed by atoms with E-state index in [1.54, 1.807) is 32.0 Å². The topological polar surface area (TPSA) is 60.1 Å². The van der Waals surface area contributed by atoms with Crippen LogP contribution in [0.1, 0.15) is 40.3 Å². The van der Waals surface area contributed by atoms with Crippen LogP contribution in [0.2, 0.25) is 0 Å². The second-order valence-electron chi connectivity index (χ2n) is 5.82. The van der Waals surface area contributed by atoms with E-state index < -0.39 is 17.8 Å². The highest BCUT2D eigenvalue weighted by molar-refractivity contribution is 5.91. The third kappa shape index (κ3) is 3.49. The van der Waals surface area contributed by atoms with Crippen LogP contribution < -0.4 is 5.32 Å². The first kappa shape index (κ1) is 17.8. The molecular weight excluding hydrogens is 347 g/mol. The van der Waals surface area contributed by atoms with E-state index in [0.717, 1.165) is 12.1 Å². The van der Waals surface area contributed by atoms with E-state index in [2.05, 4.69) is 10.4 Å². The normalized spacial score (nSPS) is 12.8. The molecule has 0 saturated heterocycles. The van der Waals surface area contributed by atoms with Gasteiger partial charge in [0.05, 0.1) is 29.8 Å². The molecule has 1 aromatic carbocycles. The summed E-state index contributed by atoms with van der Waals surface area (Å²) in [6.45, 7) is 3.50. The van der Waals surface area contributed by atoms with Crippen LogP contribution in [-0.4, -0.2) is 15.7 Å². The van der Waals surface area contributed by atoms with Crippen LogP contribution in [0.25, 0.3) is 5.69 Å². The fraction of sp³-hybridized carbons (Fsp3) is 0.222. The van der Waals surface area contributed by atoms with Gasteiger partial charge in [-0.2, -0.15) is 18.3 Å². The Bertz CT molecular complexity index is 914. The first-order chi connectivity index (χ1) is 12.3. The zero-order chi connectivity index (χ0) is 18.9. The van der Waals surface area contributed by atoms with Gasteiger partial charge in [-0.05, 0) is 44.2 Å². The van der Waals surface area contributed by atoms with Crippen molar-refractivity contribution in [3.8, 4) is 5.69 Å². The molecule has 1 N–H and O–H groups in total. The molecule has 0 spiro atoms. The van der Waals surface area contributed by atoms with Gasteiger partial charge in [0, 0.05) is 11.3 Å². The molecule has 3 aromatic rings. The van der Waals surface area contributed by atoms with Crippen molar-refractivity contribution in [1.82, 2.24) is 15.1 Å². The van der Waals surface area contributed by atoms with Crippen molar-refractivity contribution in [2.24, 2.45) is 0 Å². The molecular formula is C18H16F3N3O2. The van der Waals surface area contributed by atoms with Crippen molar-refractivity contribution < 1.29 is 22.4 Å². The van der Waals surface area contributed by atoms with Crippen molar-refractivity contribution in [2.75, 3.05) is 0 Å². The molecule has 0 bridgehead atoms. The van der Waals surface area contributed by atoms with E-state index in [0.29, 0.717) is 16.9 Å². The smallest absolute Gasteiger partial charge is 0.416 e. The zero-order valence-corrected chi connectivity index (χ0v) is 14.0. The molecule has 8 heteroatoms. The number of halogens is 3. The summed E-state index contributed by atoms with van der Waals surface area (Å²) < 4.78 is 45.2. The molecule has 2 heterocycles. The van der Waals surface area contributed by atoms with Crippen molar-refractivity contribution in [1.29, 1.82) is 0 Å². The lowest BCUT2D eigenvalue weighted by molar-refractivity contribution is -0.137. The third-order valence-electron chi connectivity index (χ3n) is 4.02. The molecule has 0 aliphatic carbocycles. The predicted molar refractivity (Wildman–Crippen MR) is 87.9 cm³/mol. The van der Waals surface area contributed by atoms with Crippen molar-refractivity contribution in [3.05, 3.63) is 71.4 Å². The fourth-order valence-corrected chi connectivity index (χ4v) is 2.67. The average Bonchev–Trinajstić information content (AvgIpc) is 3.23. The highest BCUT2D eigenvalue weighted by Crippen LogP contribution is 2.31. The van der Waals surface area contributed by atoms with Crippen LogP contribution >= 0.6 is 0 Å². The fourth-order valence-electron chi connectivity index (χ4n) is 2.67. The highest BCUT2D eigenvalue weighted by atomic mass is 19.4. The number of aromatic nitrogens is 2. The molecule has 0 unspecified atom stereocenters. The Kier molecular flexibility index (Phi) is 4.58. The molecule has 5 nitrogen and oxygen atoms in total. The molecule has 0 aliphatic rings. The van der Waals surface area contributed by atoms with Crippen LogP contribution in [0, 0.1) is 6.92 Å².